The first-order valence-electron chi connectivity index (χ1n) is 4.48. The van der Waals surface area contributed by atoms with E-state index in [-0.39, 0.29) is 5.88 Å². The molecule has 0 aliphatic rings. The topological polar surface area (TPSA) is 53.1 Å². The summed E-state index contributed by atoms with van der Waals surface area (Å²) in [7, 11) is 1.73. The quantitative estimate of drug-likeness (QED) is 0.923. The van der Waals surface area contributed by atoms with E-state index in [0.29, 0.717) is 15.9 Å². The molecule has 0 saturated carbocycles. The molecule has 0 spiro atoms. The number of nitrogens with zero attached hydrogens (tertiary/aromatic N) is 2. The number of benzene rings is 1. The Balaban J connectivity index is 2.27. The lowest BCUT2D eigenvalue weighted by atomic mass is 10.3. The van der Waals surface area contributed by atoms with Crippen LogP contribution < -0.4 is 10.5 Å². The average Bonchev–Trinajstić information content (AvgIpc) is 2.51. The van der Waals surface area contributed by atoms with Crippen molar-refractivity contribution in [2.45, 2.75) is 0 Å². The highest BCUT2D eigenvalue weighted by Crippen LogP contribution is 2.27. The van der Waals surface area contributed by atoms with E-state index in [2.05, 4.69) is 21.0 Å². The fourth-order valence-electron chi connectivity index (χ4n) is 1.22. The summed E-state index contributed by atoms with van der Waals surface area (Å²) in [6, 6.07) is 4.45. The fraction of sp³-hybridized carbons (Fsp3) is 0.100. The van der Waals surface area contributed by atoms with Crippen LogP contribution in [0.2, 0.25) is 0 Å². The van der Waals surface area contributed by atoms with Crippen LogP contribution in [0.25, 0.3) is 0 Å². The number of aromatic nitrogens is 2. The van der Waals surface area contributed by atoms with E-state index in [1.807, 2.05) is 0 Å². The van der Waals surface area contributed by atoms with Gasteiger partial charge in [0.1, 0.15) is 17.3 Å². The van der Waals surface area contributed by atoms with Gasteiger partial charge in [-0.25, -0.2) is 4.39 Å². The van der Waals surface area contributed by atoms with Gasteiger partial charge < -0.3 is 10.5 Å². The molecule has 2 aromatic rings. The third-order valence-corrected chi connectivity index (χ3v) is 2.57. The first-order valence-corrected chi connectivity index (χ1v) is 5.27. The summed E-state index contributed by atoms with van der Waals surface area (Å²) in [6.45, 7) is 0. The number of ether oxygens (including phenoxy) is 1. The van der Waals surface area contributed by atoms with Crippen LogP contribution in [-0.4, -0.2) is 9.78 Å². The van der Waals surface area contributed by atoms with Crippen LogP contribution in [0.4, 0.5) is 10.1 Å². The monoisotopic (exact) mass is 285 g/mol. The zero-order valence-corrected chi connectivity index (χ0v) is 10.0. The number of anilines is 1. The molecule has 1 heterocycles. The molecule has 1 aromatic carbocycles. The Kier molecular flexibility index (Phi) is 2.82. The van der Waals surface area contributed by atoms with Gasteiger partial charge in [0, 0.05) is 13.1 Å². The van der Waals surface area contributed by atoms with E-state index in [4.69, 9.17) is 10.5 Å². The van der Waals surface area contributed by atoms with Gasteiger partial charge in [0.05, 0.1) is 10.7 Å². The van der Waals surface area contributed by atoms with E-state index in [1.54, 1.807) is 25.4 Å². The van der Waals surface area contributed by atoms with Crippen LogP contribution in [0.3, 0.4) is 0 Å². The highest BCUT2D eigenvalue weighted by atomic mass is 79.9. The smallest absolute Gasteiger partial charge is 0.261 e. The predicted octanol–water partition coefficient (Wildman–Crippen LogP) is 2.70. The van der Waals surface area contributed by atoms with Crippen molar-refractivity contribution in [3.05, 3.63) is 34.7 Å². The van der Waals surface area contributed by atoms with Gasteiger partial charge in [0.15, 0.2) is 0 Å². The first kappa shape index (κ1) is 10.9. The second-order valence-electron chi connectivity index (χ2n) is 3.24. The Morgan fingerprint density at radius 3 is 2.81 bits per heavy atom. The summed E-state index contributed by atoms with van der Waals surface area (Å²) in [6.07, 6.45) is 1.62. The normalized spacial score (nSPS) is 10.4. The van der Waals surface area contributed by atoms with Gasteiger partial charge in [-0.3, -0.25) is 4.68 Å². The molecule has 0 atom stereocenters. The molecule has 16 heavy (non-hydrogen) atoms. The summed E-state index contributed by atoms with van der Waals surface area (Å²) in [5.74, 6) is 0.224. The molecule has 2 rings (SSSR count). The second-order valence-corrected chi connectivity index (χ2v) is 4.10. The highest BCUT2D eigenvalue weighted by Gasteiger charge is 2.08. The number of halogens is 2. The van der Waals surface area contributed by atoms with E-state index in [9.17, 15) is 4.39 Å². The number of hydrogen-bond acceptors (Lipinski definition) is 3. The summed E-state index contributed by atoms with van der Waals surface area (Å²) in [4.78, 5) is 0. The standard InChI is InChI=1S/C10H9BrFN3O/c1-15-5-9(13)10(14-15)16-6-2-3-7(11)8(12)4-6/h2-5H,13H2,1H3. The third kappa shape index (κ3) is 2.16. The fourth-order valence-corrected chi connectivity index (χ4v) is 1.46. The van der Waals surface area contributed by atoms with Gasteiger partial charge in [-0.15, -0.1) is 5.10 Å². The molecule has 84 valence electrons. The minimum absolute atomic E-state index is 0.268. The van der Waals surface area contributed by atoms with Crippen molar-refractivity contribution in [3.63, 3.8) is 0 Å². The van der Waals surface area contributed by atoms with Crippen LogP contribution in [-0.2, 0) is 7.05 Å². The summed E-state index contributed by atoms with van der Waals surface area (Å²) in [5.41, 5.74) is 6.05. The predicted molar refractivity (Wildman–Crippen MR) is 61.8 cm³/mol. The number of nitrogen functional groups attached to an aromatic ring is 1. The molecule has 6 heteroatoms. The van der Waals surface area contributed by atoms with Gasteiger partial charge in [-0.2, -0.15) is 0 Å². The van der Waals surface area contributed by atoms with Gasteiger partial charge in [0.2, 0.25) is 0 Å². The lowest BCUT2D eigenvalue weighted by Crippen LogP contribution is -1.91. The molecule has 0 aliphatic heterocycles. The maximum Gasteiger partial charge on any atom is 0.261 e. The number of nitrogens with two attached hydrogens (primary N) is 1. The number of aryl methyl sites for hydroxylation is 1. The molecule has 0 radical (unpaired) electrons. The molecule has 1 aromatic heterocycles. The van der Waals surface area contributed by atoms with Crippen LogP contribution in [0.15, 0.2) is 28.9 Å². The van der Waals surface area contributed by atoms with Gasteiger partial charge >= 0.3 is 0 Å². The molecule has 0 bridgehead atoms. The maximum atomic E-state index is 13.2. The van der Waals surface area contributed by atoms with Crippen molar-refractivity contribution in [1.29, 1.82) is 0 Å². The van der Waals surface area contributed by atoms with E-state index >= 15 is 0 Å². The Morgan fingerprint density at radius 2 is 2.25 bits per heavy atom. The molecule has 0 fully saturated rings. The third-order valence-electron chi connectivity index (χ3n) is 1.93. The Labute approximate surface area is 99.9 Å². The van der Waals surface area contributed by atoms with Crippen LogP contribution in [0.5, 0.6) is 11.6 Å². The van der Waals surface area contributed by atoms with Crippen LogP contribution in [0.1, 0.15) is 0 Å². The van der Waals surface area contributed by atoms with E-state index in [1.165, 1.54) is 10.7 Å². The summed E-state index contributed by atoms with van der Waals surface area (Å²) < 4.78 is 20.5. The minimum atomic E-state index is -0.396. The van der Waals surface area contributed by atoms with Gasteiger partial charge in [-0.05, 0) is 28.1 Å². The van der Waals surface area contributed by atoms with Crippen LogP contribution >= 0.6 is 15.9 Å². The molecule has 4 nitrogen and oxygen atoms in total. The molecule has 0 amide bonds. The molecular formula is C10H9BrFN3O. The molecule has 0 unspecified atom stereocenters. The minimum Gasteiger partial charge on any atom is -0.436 e. The summed E-state index contributed by atoms with van der Waals surface area (Å²) in [5, 5.41) is 3.99. The molecule has 2 N–H and O–H groups in total. The SMILES string of the molecule is Cn1cc(N)c(Oc2ccc(Br)c(F)c2)n1. The Bertz CT molecular complexity index is 527. The molecular weight excluding hydrogens is 277 g/mol. The second kappa shape index (κ2) is 4.13. The zero-order valence-electron chi connectivity index (χ0n) is 8.45. The Hall–Kier alpha value is -1.56. The van der Waals surface area contributed by atoms with Crippen molar-refractivity contribution in [1.82, 2.24) is 9.78 Å². The lowest BCUT2D eigenvalue weighted by molar-refractivity contribution is 0.451. The van der Waals surface area contributed by atoms with Gasteiger partial charge in [-0.1, -0.05) is 0 Å². The molecule has 0 saturated heterocycles. The van der Waals surface area contributed by atoms with Crippen molar-refractivity contribution in [3.8, 4) is 11.6 Å². The van der Waals surface area contributed by atoms with Crippen molar-refractivity contribution in [2.24, 2.45) is 7.05 Å². The maximum absolute atomic E-state index is 13.2. The van der Waals surface area contributed by atoms with Crippen molar-refractivity contribution >= 4 is 21.6 Å². The zero-order chi connectivity index (χ0) is 11.7. The van der Waals surface area contributed by atoms with Gasteiger partial charge in [0.25, 0.3) is 5.88 Å². The highest BCUT2D eigenvalue weighted by molar-refractivity contribution is 9.10. The summed E-state index contributed by atoms with van der Waals surface area (Å²) >= 11 is 3.06. The average molecular weight is 286 g/mol. The van der Waals surface area contributed by atoms with E-state index < -0.39 is 5.82 Å². The van der Waals surface area contributed by atoms with Crippen molar-refractivity contribution in [2.75, 3.05) is 5.73 Å². The van der Waals surface area contributed by atoms with E-state index in [0.717, 1.165) is 0 Å². The number of rotatable bonds is 2. The van der Waals surface area contributed by atoms with Crippen LogP contribution in [0, 0.1) is 5.82 Å². The Morgan fingerprint density at radius 1 is 1.50 bits per heavy atom. The number of hydrogen-bond donors (Lipinski definition) is 1. The first-order chi connectivity index (χ1) is 7.56. The van der Waals surface area contributed by atoms with Crippen molar-refractivity contribution < 1.29 is 9.13 Å². The molecule has 0 aliphatic carbocycles. The lowest BCUT2D eigenvalue weighted by Gasteiger charge is -2.03. The largest absolute Gasteiger partial charge is 0.436 e.